The van der Waals surface area contributed by atoms with E-state index in [1.165, 1.54) is 17.0 Å². The number of nitrogens with one attached hydrogen (secondary N) is 1. The maximum Gasteiger partial charge on any atom is 0.250 e. The lowest BCUT2D eigenvalue weighted by Crippen LogP contribution is -3.13. The largest absolute Gasteiger partial charge is 0.507 e. The minimum atomic E-state index is 0.130. The lowest BCUT2D eigenvalue weighted by molar-refractivity contribution is -0.924. The summed E-state index contributed by atoms with van der Waals surface area (Å²) in [6, 6.07) is 11.3. The first-order valence-electron chi connectivity index (χ1n) is 8.11. The van der Waals surface area contributed by atoms with E-state index >= 15 is 0 Å². The van der Waals surface area contributed by atoms with E-state index in [1.54, 1.807) is 12.1 Å². The van der Waals surface area contributed by atoms with Crippen LogP contribution in [0.15, 0.2) is 45.7 Å². The van der Waals surface area contributed by atoms with Crippen molar-refractivity contribution < 1.29 is 10.0 Å². The molecule has 3 unspecified atom stereocenters. The maximum absolute atomic E-state index is 12.1. The molecule has 2 aromatic rings. The smallest absolute Gasteiger partial charge is 0.250 e. The molecule has 3 atom stereocenters. The molecule has 2 bridgehead atoms. The topological polar surface area (TPSA) is 46.7 Å². The predicted octanol–water partition coefficient (Wildman–Crippen LogP) is 1.52. The Hall–Kier alpha value is -1.59. The van der Waals surface area contributed by atoms with Crippen LogP contribution < -0.4 is 10.5 Å². The maximum atomic E-state index is 12.1. The Morgan fingerprint density at radius 3 is 3.00 bits per heavy atom. The second kappa shape index (κ2) is 5.80. The SMILES string of the molecule is O=c1cccc2n1CC1CC2C[NH+](Cc2cc(Br)ccc2O)C1. The summed E-state index contributed by atoms with van der Waals surface area (Å²) in [5.41, 5.74) is 2.30. The Morgan fingerprint density at radius 1 is 1.26 bits per heavy atom. The molecule has 3 heterocycles. The highest BCUT2D eigenvalue weighted by Gasteiger charge is 2.37. The summed E-state index contributed by atoms with van der Waals surface area (Å²) in [7, 11) is 0. The number of aromatic nitrogens is 1. The molecule has 2 aliphatic heterocycles. The third-order valence-corrected chi connectivity index (χ3v) is 5.65. The van der Waals surface area contributed by atoms with Crippen LogP contribution in [0.2, 0.25) is 0 Å². The molecule has 0 aliphatic carbocycles. The summed E-state index contributed by atoms with van der Waals surface area (Å²) in [4.78, 5) is 13.6. The van der Waals surface area contributed by atoms with E-state index in [0.29, 0.717) is 17.6 Å². The van der Waals surface area contributed by atoms with E-state index in [9.17, 15) is 9.90 Å². The lowest BCUT2D eigenvalue weighted by Gasteiger charge is -2.40. The average molecular weight is 376 g/mol. The van der Waals surface area contributed by atoms with Crippen molar-refractivity contribution >= 4 is 15.9 Å². The highest BCUT2D eigenvalue weighted by Crippen LogP contribution is 2.30. The van der Waals surface area contributed by atoms with Gasteiger partial charge in [0.2, 0.25) is 0 Å². The fourth-order valence-corrected chi connectivity index (χ4v) is 4.64. The number of phenols is 1. The number of likely N-dealkylation sites (tertiary alicyclic amines) is 1. The number of rotatable bonds is 2. The second-order valence-electron chi connectivity index (χ2n) is 6.81. The number of aromatic hydroxyl groups is 1. The Kier molecular flexibility index (Phi) is 3.77. The standard InChI is InChI=1S/C18H19BrN2O2/c19-15-4-5-17(22)14(7-15)11-20-8-12-6-13(10-20)16-2-1-3-18(23)21(16)9-12/h1-5,7,12-13,22H,6,8-11H2/p+1. The molecule has 4 nitrogen and oxygen atoms in total. The molecule has 0 radical (unpaired) electrons. The zero-order chi connectivity index (χ0) is 16.0. The van der Waals surface area contributed by atoms with Crippen LogP contribution in [0.3, 0.4) is 0 Å². The van der Waals surface area contributed by atoms with Crippen LogP contribution in [0.25, 0.3) is 0 Å². The zero-order valence-corrected chi connectivity index (χ0v) is 14.4. The number of pyridine rings is 1. The van der Waals surface area contributed by atoms with Crippen LogP contribution in [0, 0.1) is 5.92 Å². The molecule has 120 valence electrons. The van der Waals surface area contributed by atoms with Crippen molar-refractivity contribution in [3.05, 3.63) is 62.5 Å². The van der Waals surface area contributed by atoms with Gasteiger partial charge in [-0.3, -0.25) is 4.79 Å². The normalized spacial score (nSPS) is 25.9. The summed E-state index contributed by atoms with van der Waals surface area (Å²) in [5.74, 6) is 1.36. The quantitative estimate of drug-likeness (QED) is 0.835. The first kappa shape index (κ1) is 15.0. The fraction of sp³-hybridized carbons (Fsp3) is 0.389. The van der Waals surface area contributed by atoms with E-state index in [1.807, 2.05) is 22.8 Å². The Labute approximate surface area is 143 Å². The summed E-state index contributed by atoms with van der Waals surface area (Å²) >= 11 is 3.48. The highest BCUT2D eigenvalue weighted by atomic mass is 79.9. The van der Waals surface area contributed by atoms with Crippen LogP contribution in [-0.4, -0.2) is 22.8 Å². The number of quaternary nitrogens is 1. The van der Waals surface area contributed by atoms with E-state index in [4.69, 9.17) is 0 Å². The van der Waals surface area contributed by atoms with Crippen molar-refractivity contribution in [2.45, 2.75) is 25.4 Å². The van der Waals surface area contributed by atoms with Crippen molar-refractivity contribution in [2.75, 3.05) is 13.1 Å². The van der Waals surface area contributed by atoms with E-state index in [-0.39, 0.29) is 5.56 Å². The summed E-state index contributed by atoms with van der Waals surface area (Å²) in [5, 5.41) is 10.1. The van der Waals surface area contributed by atoms with Gasteiger partial charge in [-0.2, -0.15) is 0 Å². The average Bonchev–Trinajstić information content (AvgIpc) is 2.52. The molecule has 1 fully saturated rings. The molecule has 5 heteroatoms. The minimum absolute atomic E-state index is 0.130. The van der Waals surface area contributed by atoms with Gasteiger partial charge in [-0.1, -0.05) is 22.0 Å². The number of fused-ring (bicyclic) bond motifs is 4. The van der Waals surface area contributed by atoms with Gasteiger partial charge in [0.1, 0.15) is 12.3 Å². The third-order valence-electron chi connectivity index (χ3n) is 5.15. The van der Waals surface area contributed by atoms with Crippen LogP contribution in [0.1, 0.15) is 23.6 Å². The highest BCUT2D eigenvalue weighted by molar-refractivity contribution is 9.10. The molecule has 0 spiro atoms. The van der Waals surface area contributed by atoms with E-state index < -0.39 is 0 Å². The van der Waals surface area contributed by atoms with Crippen molar-refractivity contribution in [2.24, 2.45) is 5.92 Å². The fourth-order valence-electron chi connectivity index (χ4n) is 4.23. The van der Waals surface area contributed by atoms with Crippen LogP contribution in [0.5, 0.6) is 5.75 Å². The van der Waals surface area contributed by atoms with Crippen LogP contribution in [0.4, 0.5) is 0 Å². The third kappa shape index (κ3) is 2.83. The number of piperidine rings is 1. The Bertz CT molecular complexity index is 802. The summed E-state index contributed by atoms with van der Waals surface area (Å²) in [6.45, 7) is 3.74. The van der Waals surface area contributed by atoms with Gasteiger partial charge >= 0.3 is 0 Å². The Morgan fingerprint density at radius 2 is 2.13 bits per heavy atom. The van der Waals surface area contributed by atoms with Gasteiger partial charge in [-0.15, -0.1) is 0 Å². The van der Waals surface area contributed by atoms with Crippen molar-refractivity contribution in [3.63, 3.8) is 0 Å². The summed E-state index contributed by atoms with van der Waals surface area (Å²) in [6.07, 6.45) is 1.18. The molecule has 2 aliphatic rings. The van der Waals surface area contributed by atoms with Crippen molar-refractivity contribution in [3.8, 4) is 5.75 Å². The van der Waals surface area contributed by atoms with Gasteiger partial charge in [0.15, 0.2) is 0 Å². The predicted molar refractivity (Wildman–Crippen MR) is 91.8 cm³/mol. The van der Waals surface area contributed by atoms with Gasteiger partial charge < -0.3 is 14.6 Å². The van der Waals surface area contributed by atoms with Crippen molar-refractivity contribution in [1.82, 2.24) is 4.57 Å². The summed E-state index contributed by atoms with van der Waals surface area (Å²) < 4.78 is 2.96. The second-order valence-corrected chi connectivity index (χ2v) is 7.72. The van der Waals surface area contributed by atoms with E-state index in [0.717, 1.165) is 36.2 Å². The van der Waals surface area contributed by atoms with Crippen LogP contribution >= 0.6 is 15.9 Å². The molecule has 1 saturated heterocycles. The van der Waals surface area contributed by atoms with E-state index in [2.05, 4.69) is 22.0 Å². The molecule has 1 aromatic carbocycles. The number of phenolic OH excluding ortho intramolecular Hbond substituents is 1. The van der Waals surface area contributed by atoms with Gasteiger partial charge in [-0.05, 0) is 30.7 Å². The molecular weight excluding hydrogens is 356 g/mol. The van der Waals surface area contributed by atoms with Gasteiger partial charge in [0, 0.05) is 40.2 Å². The molecular formula is C18H20BrN2O2+. The first-order chi connectivity index (χ1) is 11.1. The minimum Gasteiger partial charge on any atom is -0.507 e. The molecule has 0 saturated carbocycles. The van der Waals surface area contributed by atoms with Gasteiger partial charge in [0.25, 0.3) is 5.56 Å². The van der Waals surface area contributed by atoms with Gasteiger partial charge in [0.05, 0.1) is 13.1 Å². The van der Waals surface area contributed by atoms with Crippen molar-refractivity contribution in [1.29, 1.82) is 0 Å². The zero-order valence-electron chi connectivity index (χ0n) is 12.8. The molecule has 23 heavy (non-hydrogen) atoms. The molecule has 1 aromatic heterocycles. The van der Waals surface area contributed by atoms with Crippen LogP contribution in [-0.2, 0) is 13.1 Å². The number of benzene rings is 1. The lowest BCUT2D eigenvalue weighted by atomic mass is 9.83. The number of hydrogen-bond donors (Lipinski definition) is 2. The molecule has 4 rings (SSSR count). The molecule has 0 amide bonds. The number of hydrogen-bond acceptors (Lipinski definition) is 2. The number of halogens is 1. The van der Waals surface area contributed by atoms with Gasteiger partial charge in [-0.25, -0.2) is 0 Å². The Balaban J connectivity index is 1.59. The molecule has 2 N–H and O–H groups in total. The first-order valence-corrected chi connectivity index (χ1v) is 8.90. The number of nitrogens with zero attached hydrogens (tertiary/aromatic N) is 1. The monoisotopic (exact) mass is 375 g/mol.